The van der Waals surface area contributed by atoms with Gasteiger partial charge in [-0.25, -0.2) is 0 Å². The second-order valence-corrected chi connectivity index (χ2v) is 5.00. The number of hydrogen-bond acceptors (Lipinski definition) is 3. The topological polar surface area (TPSA) is 35.5 Å². The largest absolute Gasteiger partial charge is 0.493 e. The number of benzene rings is 2. The van der Waals surface area contributed by atoms with Gasteiger partial charge < -0.3 is 14.3 Å². The number of aldehydes is 1. The molecular weight excluding hydrogens is 264 g/mol. The van der Waals surface area contributed by atoms with Crippen LogP contribution in [0.5, 0.6) is 11.5 Å². The summed E-state index contributed by atoms with van der Waals surface area (Å²) in [6.07, 6.45) is 1.70. The fourth-order valence-corrected chi connectivity index (χ4v) is 2.38. The first-order valence-corrected chi connectivity index (χ1v) is 6.93. The van der Waals surface area contributed by atoms with E-state index in [9.17, 15) is 4.79 Å². The van der Waals surface area contributed by atoms with Crippen molar-refractivity contribution in [3.8, 4) is 11.5 Å². The zero-order chi connectivity index (χ0) is 15.2. The van der Waals surface area contributed by atoms with Crippen molar-refractivity contribution < 1.29 is 14.3 Å². The van der Waals surface area contributed by atoms with Gasteiger partial charge in [0.2, 0.25) is 0 Å². The van der Waals surface area contributed by atoms with Gasteiger partial charge in [0, 0.05) is 17.9 Å². The predicted molar refractivity (Wildman–Crippen MR) is 83.3 cm³/mol. The Morgan fingerprint density at radius 3 is 2.52 bits per heavy atom. The first-order valence-electron chi connectivity index (χ1n) is 6.93. The van der Waals surface area contributed by atoms with Gasteiger partial charge >= 0.3 is 0 Å². The molecular formula is C18H20O3. The summed E-state index contributed by atoms with van der Waals surface area (Å²) < 4.78 is 10.8. The molecule has 3 heteroatoms. The van der Waals surface area contributed by atoms with Crippen LogP contribution in [-0.2, 0) is 11.2 Å². The smallest absolute Gasteiger partial charge is 0.164 e. The molecule has 110 valence electrons. The molecule has 1 unspecified atom stereocenters. The maximum absolute atomic E-state index is 10.9. The molecule has 2 aromatic rings. The molecule has 0 heterocycles. The zero-order valence-corrected chi connectivity index (χ0v) is 12.6. The Kier molecular flexibility index (Phi) is 4.99. The van der Waals surface area contributed by atoms with Crippen LogP contribution in [0.2, 0.25) is 0 Å². The monoisotopic (exact) mass is 284 g/mol. The Hall–Kier alpha value is -2.29. The third-order valence-corrected chi connectivity index (χ3v) is 3.56. The molecule has 0 spiro atoms. The molecule has 0 aliphatic rings. The summed E-state index contributed by atoms with van der Waals surface area (Å²) in [5.41, 5.74) is 3.24. The van der Waals surface area contributed by atoms with Crippen molar-refractivity contribution in [3.05, 3.63) is 59.2 Å². The van der Waals surface area contributed by atoms with Crippen LogP contribution in [0.4, 0.5) is 0 Å². The van der Waals surface area contributed by atoms with Gasteiger partial charge in [-0.15, -0.1) is 0 Å². The molecule has 3 nitrogen and oxygen atoms in total. The highest BCUT2D eigenvalue weighted by Crippen LogP contribution is 2.32. The highest BCUT2D eigenvalue weighted by Gasteiger charge is 2.11. The molecule has 0 aliphatic carbocycles. The van der Waals surface area contributed by atoms with Gasteiger partial charge in [0.15, 0.2) is 11.5 Å². The van der Waals surface area contributed by atoms with E-state index in [1.54, 1.807) is 14.2 Å². The minimum absolute atomic E-state index is 0.0860. The lowest BCUT2D eigenvalue weighted by Gasteiger charge is -2.13. The lowest BCUT2D eigenvalue weighted by molar-refractivity contribution is -0.108. The molecule has 0 amide bonds. The first-order chi connectivity index (χ1) is 10.2. The van der Waals surface area contributed by atoms with Crippen LogP contribution in [0.3, 0.4) is 0 Å². The predicted octanol–water partition coefficient (Wildman–Crippen LogP) is 3.60. The quantitative estimate of drug-likeness (QED) is 0.760. The van der Waals surface area contributed by atoms with Gasteiger partial charge in [0.05, 0.1) is 14.2 Å². The molecule has 0 aromatic heterocycles. The van der Waals surface area contributed by atoms with Crippen molar-refractivity contribution in [2.45, 2.75) is 19.3 Å². The van der Waals surface area contributed by atoms with Crippen molar-refractivity contribution >= 4 is 6.29 Å². The fourth-order valence-electron chi connectivity index (χ4n) is 2.38. The van der Waals surface area contributed by atoms with Crippen molar-refractivity contribution in [3.63, 3.8) is 0 Å². The van der Waals surface area contributed by atoms with E-state index in [2.05, 4.69) is 12.1 Å². The van der Waals surface area contributed by atoms with Gasteiger partial charge in [-0.2, -0.15) is 0 Å². The minimum atomic E-state index is -0.0860. The molecule has 2 rings (SSSR count). The van der Waals surface area contributed by atoms with E-state index in [0.717, 1.165) is 40.9 Å². The third-order valence-electron chi connectivity index (χ3n) is 3.56. The standard InChI is InChI=1S/C18H20O3/c1-13(12-19)15-7-4-6-14(10-15)11-16-8-5-9-17(20-2)18(16)21-3/h4-10,12-13H,11H2,1-3H3. The van der Waals surface area contributed by atoms with Crippen LogP contribution in [0.25, 0.3) is 0 Å². The van der Waals surface area contributed by atoms with E-state index in [-0.39, 0.29) is 5.92 Å². The normalized spacial score (nSPS) is 11.8. The van der Waals surface area contributed by atoms with Crippen molar-refractivity contribution in [1.82, 2.24) is 0 Å². The number of hydrogen-bond donors (Lipinski definition) is 0. The number of methoxy groups -OCH3 is 2. The van der Waals surface area contributed by atoms with E-state index in [1.165, 1.54) is 0 Å². The van der Waals surface area contributed by atoms with Crippen LogP contribution in [-0.4, -0.2) is 20.5 Å². The number of ether oxygens (including phenoxy) is 2. The Labute approximate surface area is 125 Å². The maximum Gasteiger partial charge on any atom is 0.164 e. The van der Waals surface area contributed by atoms with Crippen molar-refractivity contribution in [2.24, 2.45) is 0 Å². The average molecular weight is 284 g/mol. The maximum atomic E-state index is 10.9. The summed E-state index contributed by atoms with van der Waals surface area (Å²) in [5, 5.41) is 0. The Bertz CT molecular complexity index is 620. The number of carbonyl (C=O) groups excluding carboxylic acids is 1. The summed E-state index contributed by atoms with van der Waals surface area (Å²) in [5.74, 6) is 1.40. The van der Waals surface area contributed by atoms with Crippen LogP contribution < -0.4 is 9.47 Å². The van der Waals surface area contributed by atoms with Gasteiger partial charge in [0.1, 0.15) is 6.29 Å². The number of carbonyl (C=O) groups is 1. The number of rotatable bonds is 6. The van der Waals surface area contributed by atoms with E-state index in [1.807, 2.05) is 37.3 Å². The SMILES string of the molecule is COc1cccc(Cc2cccc(C(C)C=O)c2)c1OC. The Balaban J connectivity index is 2.32. The molecule has 21 heavy (non-hydrogen) atoms. The molecule has 0 bridgehead atoms. The van der Waals surface area contributed by atoms with Crippen LogP contribution in [0.15, 0.2) is 42.5 Å². The van der Waals surface area contributed by atoms with Gasteiger partial charge in [0.25, 0.3) is 0 Å². The molecule has 0 N–H and O–H groups in total. The van der Waals surface area contributed by atoms with Gasteiger partial charge in [-0.1, -0.05) is 43.3 Å². The molecule has 0 saturated carbocycles. The summed E-state index contributed by atoms with van der Waals surface area (Å²) in [6.45, 7) is 1.90. The lowest BCUT2D eigenvalue weighted by Crippen LogP contribution is -1.99. The van der Waals surface area contributed by atoms with Gasteiger partial charge in [-0.05, 0) is 17.2 Å². The summed E-state index contributed by atoms with van der Waals surface area (Å²) in [4.78, 5) is 10.9. The Morgan fingerprint density at radius 2 is 1.86 bits per heavy atom. The zero-order valence-electron chi connectivity index (χ0n) is 12.6. The highest BCUT2D eigenvalue weighted by atomic mass is 16.5. The molecule has 2 aromatic carbocycles. The molecule has 0 fully saturated rings. The molecule has 0 saturated heterocycles. The van der Waals surface area contributed by atoms with E-state index in [4.69, 9.17) is 9.47 Å². The second-order valence-electron chi connectivity index (χ2n) is 5.00. The highest BCUT2D eigenvalue weighted by molar-refractivity contribution is 5.61. The summed E-state index contributed by atoms with van der Waals surface area (Å²) >= 11 is 0. The van der Waals surface area contributed by atoms with E-state index >= 15 is 0 Å². The molecule has 0 aliphatic heterocycles. The van der Waals surface area contributed by atoms with E-state index < -0.39 is 0 Å². The Morgan fingerprint density at radius 1 is 1.10 bits per heavy atom. The average Bonchev–Trinajstić information content (AvgIpc) is 2.54. The summed E-state index contributed by atoms with van der Waals surface area (Å²) in [6, 6.07) is 13.9. The van der Waals surface area contributed by atoms with Crippen LogP contribution in [0, 0.1) is 0 Å². The lowest BCUT2D eigenvalue weighted by atomic mass is 9.97. The first kappa shape index (κ1) is 15.1. The van der Waals surface area contributed by atoms with Crippen molar-refractivity contribution in [1.29, 1.82) is 0 Å². The van der Waals surface area contributed by atoms with E-state index in [0.29, 0.717) is 0 Å². The number of para-hydroxylation sites is 1. The minimum Gasteiger partial charge on any atom is -0.493 e. The van der Waals surface area contributed by atoms with Crippen LogP contribution >= 0.6 is 0 Å². The van der Waals surface area contributed by atoms with Crippen LogP contribution in [0.1, 0.15) is 29.5 Å². The summed E-state index contributed by atoms with van der Waals surface area (Å²) in [7, 11) is 3.28. The second kappa shape index (κ2) is 6.93. The molecule has 1 atom stereocenters. The fraction of sp³-hybridized carbons (Fsp3) is 0.278. The third kappa shape index (κ3) is 3.43. The van der Waals surface area contributed by atoms with Gasteiger partial charge in [-0.3, -0.25) is 0 Å². The van der Waals surface area contributed by atoms with Crippen molar-refractivity contribution in [2.75, 3.05) is 14.2 Å². The molecule has 0 radical (unpaired) electrons.